The Morgan fingerprint density at radius 2 is 1.91 bits per heavy atom. The molecule has 0 radical (unpaired) electrons. The predicted molar refractivity (Wildman–Crippen MR) is 118 cm³/mol. The van der Waals surface area contributed by atoms with Gasteiger partial charge in [-0.3, -0.25) is 9.59 Å². The second-order valence-corrected chi connectivity index (χ2v) is 10.9. The van der Waals surface area contributed by atoms with Crippen molar-refractivity contribution in [3.8, 4) is 0 Å². The Hall–Kier alpha value is -1.23. The Morgan fingerprint density at radius 3 is 2.53 bits per heavy atom. The molecule has 1 unspecified atom stereocenters. The lowest BCUT2D eigenvalue weighted by Gasteiger charge is -2.63. The van der Waals surface area contributed by atoms with Gasteiger partial charge in [0.25, 0.3) is 0 Å². The van der Waals surface area contributed by atoms with E-state index in [1.54, 1.807) is 19.9 Å². The molecule has 34 heavy (non-hydrogen) atoms. The molecule has 0 aromatic carbocycles. The minimum absolute atomic E-state index is 0.0206. The monoisotopic (exact) mass is 484 g/mol. The normalized spacial score (nSPS) is 46.0. The Morgan fingerprint density at radius 1 is 1.24 bits per heavy atom. The van der Waals surface area contributed by atoms with Gasteiger partial charge in [0.05, 0.1) is 18.8 Å². The van der Waals surface area contributed by atoms with Crippen LogP contribution in [0, 0.1) is 22.7 Å². The maximum Gasteiger partial charge on any atom is 0.192 e. The van der Waals surface area contributed by atoms with Crippen LogP contribution < -0.4 is 0 Å². The van der Waals surface area contributed by atoms with Crippen LogP contribution in [0.2, 0.25) is 0 Å². The van der Waals surface area contributed by atoms with Crippen LogP contribution in [0.5, 0.6) is 0 Å². The molecule has 0 saturated heterocycles. The fourth-order valence-electron chi connectivity index (χ4n) is 7.80. The predicted octanol–water partition coefficient (Wildman–Crippen LogP) is 1.49. The van der Waals surface area contributed by atoms with Crippen LogP contribution in [0.25, 0.3) is 0 Å². The Bertz CT molecular complexity index is 873. The zero-order chi connectivity index (χ0) is 25.1. The van der Waals surface area contributed by atoms with E-state index in [9.17, 15) is 24.9 Å². The zero-order valence-electron chi connectivity index (χ0n) is 20.4. The molecule has 0 spiro atoms. The first-order valence-electron chi connectivity index (χ1n) is 12.1. The van der Waals surface area contributed by atoms with Crippen molar-refractivity contribution in [2.45, 2.75) is 82.1 Å². The van der Waals surface area contributed by atoms with Gasteiger partial charge in [-0.2, -0.15) is 0 Å². The van der Waals surface area contributed by atoms with Crippen molar-refractivity contribution < 1.29 is 43.5 Å². The Labute approximate surface area is 199 Å². The third kappa shape index (κ3) is 3.24. The zero-order valence-corrected chi connectivity index (χ0v) is 20.4. The topological polar surface area (TPSA) is 123 Å². The Balaban J connectivity index is 1.75. The number of halogens is 1. The number of carbonyl (C=O) groups excluding carboxylic acids is 2. The molecule has 3 N–H and O–H groups in total. The fourth-order valence-corrected chi connectivity index (χ4v) is 7.80. The first kappa shape index (κ1) is 25.9. The summed E-state index contributed by atoms with van der Waals surface area (Å²) in [5, 5.41) is 32.9. The summed E-state index contributed by atoms with van der Waals surface area (Å²) in [6.45, 7) is 2.52. The van der Waals surface area contributed by atoms with Crippen molar-refractivity contribution in [2.24, 2.45) is 22.7 Å². The van der Waals surface area contributed by atoms with Crippen LogP contribution in [0.1, 0.15) is 52.4 Å². The average molecular weight is 485 g/mol. The van der Waals surface area contributed by atoms with Crippen molar-refractivity contribution >= 4 is 11.6 Å². The summed E-state index contributed by atoms with van der Waals surface area (Å²) < 4.78 is 33.5. The van der Waals surface area contributed by atoms with Gasteiger partial charge in [-0.1, -0.05) is 19.4 Å². The largest absolute Gasteiger partial charge is 0.390 e. The van der Waals surface area contributed by atoms with Gasteiger partial charge in [0.15, 0.2) is 23.5 Å². The van der Waals surface area contributed by atoms with E-state index in [1.165, 1.54) is 14.2 Å². The van der Waals surface area contributed by atoms with E-state index in [0.717, 1.165) is 5.57 Å². The Kier molecular flexibility index (Phi) is 6.62. The number of fused-ring (bicyclic) bond motifs is 5. The molecule has 4 aliphatic carbocycles. The number of ether oxygens (including phenoxy) is 3. The molecule has 3 saturated carbocycles. The van der Waals surface area contributed by atoms with Crippen molar-refractivity contribution in [3.63, 3.8) is 0 Å². The van der Waals surface area contributed by atoms with Crippen LogP contribution in [-0.4, -0.2) is 84.1 Å². The molecule has 3 fully saturated rings. The van der Waals surface area contributed by atoms with Gasteiger partial charge in [0, 0.05) is 37.4 Å². The van der Waals surface area contributed by atoms with E-state index in [4.69, 9.17) is 14.2 Å². The van der Waals surface area contributed by atoms with Gasteiger partial charge < -0.3 is 29.5 Å². The summed E-state index contributed by atoms with van der Waals surface area (Å²) >= 11 is 0. The van der Waals surface area contributed by atoms with Crippen LogP contribution >= 0.6 is 0 Å². The second-order valence-electron chi connectivity index (χ2n) is 10.9. The first-order valence-corrected chi connectivity index (χ1v) is 12.1. The highest BCUT2D eigenvalue weighted by molar-refractivity contribution is 5.92. The lowest BCUT2D eigenvalue weighted by Crippen LogP contribution is -2.70. The number of methoxy groups -OCH3 is 2. The minimum atomic E-state index is -2.11. The third-order valence-electron chi connectivity index (χ3n) is 9.76. The molecular formula is C25H37FO8. The number of aliphatic hydroxyl groups excluding tert-OH is 2. The molecule has 9 heteroatoms. The molecule has 0 aromatic rings. The van der Waals surface area contributed by atoms with Gasteiger partial charge in [-0.05, 0) is 44.1 Å². The summed E-state index contributed by atoms with van der Waals surface area (Å²) in [6, 6.07) is 0. The second kappa shape index (κ2) is 8.71. The van der Waals surface area contributed by atoms with E-state index in [0.29, 0.717) is 19.3 Å². The van der Waals surface area contributed by atoms with E-state index in [1.807, 2.05) is 0 Å². The van der Waals surface area contributed by atoms with Gasteiger partial charge in [-0.15, -0.1) is 0 Å². The molecule has 0 amide bonds. The van der Waals surface area contributed by atoms with Gasteiger partial charge in [-0.25, -0.2) is 4.39 Å². The summed E-state index contributed by atoms with van der Waals surface area (Å²) in [5.74, 6) is -1.96. The maximum absolute atomic E-state index is 17.3. The van der Waals surface area contributed by atoms with Crippen LogP contribution in [0.4, 0.5) is 4.39 Å². The number of hydrogen-bond donors (Lipinski definition) is 3. The van der Waals surface area contributed by atoms with Gasteiger partial charge >= 0.3 is 0 Å². The highest BCUT2D eigenvalue weighted by Gasteiger charge is 2.76. The molecule has 0 aromatic heterocycles. The number of aliphatic hydroxyl groups is 3. The summed E-state index contributed by atoms with van der Waals surface area (Å²) in [4.78, 5) is 25.1. The molecule has 0 aliphatic heterocycles. The molecule has 8 atom stereocenters. The van der Waals surface area contributed by atoms with Crippen molar-refractivity contribution in [1.82, 2.24) is 0 Å². The first-order chi connectivity index (χ1) is 15.9. The molecular weight excluding hydrogens is 447 g/mol. The molecule has 4 rings (SSSR count). The van der Waals surface area contributed by atoms with Gasteiger partial charge in [0.2, 0.25) is 0 Å². The van der Waals surface area contributed by atoms with Crippen LogP contribution in [0.15, 0.2) is 11.6 Å². The molecule has 0 heterocycles. The van der Waals surface area contributed by atoms with Crippen molar-refractivity contribution in [1.29, 1.82) is 0 Å². The minimum Gasteiger partial charge on any atom is -0.390 e. The van der Waals surface area contributed by atoms with Crippen molar-refractivity contribution in [2.75, 3.05) is 27.4 Å². The number of Topliss-reactive ketones (excluding diaryl/α,β-unsaturated/α-hetero) is 1. The van der Waals surface area contributed by atoms with Crippen LogP contribution in [0.3, 0.4) is 0 Å². The number of hydrogen-bond acceptors (Lipinski definition) is 8. The number of carbonyl (C=O) groups is 2. The highest BCUT2D eigenvalue weighted by Crippen LogP contribution is 2.70. The van der Waals surface area contributed by atoms with E-state index in [2.05, 4.69) is 0 Å². The van der Waals surface area contributed by atoms with E-state index in [-0.39, 0.29) is 31.7 Å². The molecule has 192 valence electrons. The van der Waals surface area contributed by atoms with Crippen LogP contribution in [-0.2, 0) is 23.8 Å². The third-order valence-corrected chi connectivity index (χ3v) is 9.76. The van der Waals surface area contributed by atoms with E-state index < -0.39 is 64.8 Å². The average Bonchev–Trinajstić information content (AvgIpc) is 3.03. The highest BCUT2D eigenvalue weighted by atomic mass is 19.1. The maximum atomic E-state index is 17.3. The molecule has 0 bridgehead atoms. The lowest BCUT2D eigenvalue weighted by atomic mass is 9.44. The number of allylic oxidation sites excluding steroid dienone is 1. The SMILES string of the molecule is COC(CO[C@@H]1C[C@H]2[C@@H]3CCC4=CC(=O)CC[C@]4(C)C3(F)[C@@H](O)C[C@]2(C)[C@@]1(O)C(=O)CO)OC. The summed E-state index contributed by atoms with van der Waals surface area (Å²) in [7, 11) is 2.88. The smallest absolute Gasteiger partial charge is 0.192 e. The van der Waals surface area contributed by atoms with Gasteiger partial charge in [0.1, 0.15) is 12.3 Å². The number of ketones is 2. The van der Waals surface area contributed by atoms with E-state index >= 15 is 4.39 Å². The standard InChI is InChI=1S/C25H37FO8/c1-22-8-7-15(28)9-14(22)5-6-16-17-10-20(34-13-21(32-3)33-4)25(31,19(30)12-27)23(17,2)11-18(29)24(16,22)26/h9,16-18,20-21,27,29,31H,5-8,10-13H2,1-4H3/t16-,17-,18-,20+,22-,23-,24?,25+/m0/s1. The summed E-state index contributed by atoms with van der Waals surface area (Å²) in [5.41, 5.74) is -5.60. The van der Waals surface area contributed by atoms with Crippen molar-refractivity contribution in [3.05, 3.63) is 11.6 Å². The number of alkyl halides is 1. The summed E-state index contributed by atoms with van der Waals surface area (Å²) in [6.07, 6.45) is -0.194. The lowest BCUT2D eigenvalue weighted by molar-refractivity contribution is -0.234. The molecule has 4 aliphatic rings. The molecule has 8 nitrogen and oxygen atoms in total. The number of rotatable bonds is 7. The quantitative estimate of drug-likeness (QED) is 0.465. The fraction of sp³-hybridized carbons (Fsp3) is 0.840.